The fourth-order valence-corrected chi connectivity index (χ4v) is 3.62. The highest BCUT2D eigenvalue weighted by Gasteiger charge is 2.20. The summed E-state index contributed by atoms with van der Waals surface area (Å²) in [7, 11) is 1.98. The van der Waals surface area contributed by atoms with Crippen LogP contribution in [0, 0.1) is 6.92 Å². The molecule has 0 aliphatic heterocycles. The lowest BCUT2D eigenvalue weighted by Gasteiger charge is -2.07. The van der Waals surface area contributed by atoms with Gasteiger partial charge in [-0.15, -0.1) is 0 Å². The summed E-state index contributed by atoms with van der Waals surface area (Å²) in [6.45, 7) is 2.00. The summed E-state index contributed by atoms with van der Waals surface area (Å²) in [4.78, 5) is 9.51. The Kier molecular flexibility index (Phi) is 4.06. The zero-order valence-corrected chi connectivity index (χ0v) is 15.5. The van der Waals surface area contributed by atoms with Crippen molar-refractivity contribution in [1.29, 1.82) is 0 Å². The minimum atomic E-state index is -0.222. The number of thiol groups is 1. The summed E-state index contributed by atoms with van der Waals surface area (Å²) in [5.74, 6) is 0.856. The number of aryl methyl sites for hydroxylation is 2. The quantitative estimate of drug-likeness (QED) is 0.531. The summed E-state index contributed by atoms with van der Waals surface area (Å²) >= 11 is 10.9. The molecule has 0 N–H and O–H groups in total. The molecule has 1 unspecified atom stereocenters. The third-order valence-corrected chi connectivity index (χ3v) is 4.93. The lowest BCUT2D eigenvalue weighted by molar-refractivity contribution is 0.807. The number of rotatable bonds is 3. The summed E-state index contributed by atoms with van der Waals surface area (Å²) in [5.41, 5.74) is 4.78. The normalized spacial score (nSPS) is 12.6. The second-order valence-electron chi connectivity index (χ2n) is 6.10. The third kappa shape index (κ3) is 2.94. The van der Waals surface area contributed by atoms with Crippen LogP contribution in [0.4, 0.5) is 0 Å². The zero-order chi connectivity index (χ0) is 17.6. The Morgan fingerprint density at radius 3 is 2.60 bits per heavy atom. The molecule has 0 bridgehead atoms. The van der Waals surface area contributed by atoms with Crippen LogP contribution in [0.1, 0.15) is 22.3 Å². The van der Waals surface area contributed by atoms with Crippen LogP contribution in [0.5, 0.6) is 0 Å². The molecule has 6 heteroatoms. The summed E-state index contributed by atoms with van der Waals surface area (Å²) in [6, 6.07) is 12.0. The van der Waals surface area contributed by atoms with Gasteiger partial charge in [0.2, 0.25) is 0 Å². The van der Waals surface area contributed by atoms with E-state index in [0.717, 1.165) is 34.0 Å². The second kappa shape index (κ2) is 6.24. The van der Waals surface area contributed by atoms with Gasteiger partial charge in [0.05, 0.1) is 16.4 Å². The molecular weight excluding hydrogens is 352 g/mol. The second-order valence-corrected chi connectivity index (χ2v) is 7.05. The fraction of sp³-hybridized carbons (Fsp3) is 0.158. The molecule has 3 heterocycles. The van der Waals surface area contributed by atoms with Crippen LogP contribution in [-0.2, 0) is 7.05 Å². The van der Waals surface area contributed by atoms with Crippen molar-refractivity contribution in [3.63, 3.8) is 0 Å². The molecule has 4 nitrogen and oxygen atoms in total. The molecule has 4 rings (SSSR count). The van der Waals surface area contributed by atoms with Gasteiger partial charge in [-0.1, -0.05) is 41.9 Å². The highest BCUT2D eigenvalue weighted by molar-refractivity contribution is 7.80. The SMILES string of the molecule is Cc1cc(Cl)cn2cc(C(S)c3nc(-c4ccccc4)cn3C)nc12. The Bertz CT molecular complexity index is 1050. The van der Waals surface area contributed by atoms with Gasteiger partial charge in [0, 0.05) is 31.2 Å². The molecule has 0 saturated carbocycles. The Morgan fingerprint density at radius 1 is 1.08 bits per heavy atom. The molecule has 0 aliphatic rings. The number of hydrogen-bond acceptors (Lipinski definition) is 3. The Balaban J connectivity index is 1.75. The maximum atomic E-state index is 6.14. The van der Waals surface area contributed by atoms with E-state index in [9.17, 15) is 0 Å². The summed E-state index contributed by atoms with van der Waals surface area (Å²) < 4.78 is 3.95. The van der Waals surface area contributed by atoms with Crippen molar-refractivity contribution in [2.24, 2.45) is 7.05 Å². The number of pyridine rings is 1. The summed E-state index contributed by atoms with van der Waals surface area (Å²) in [5, 5.41) is 0.466. The first-order chi connectivity index (χ1) is 12.0. The van der Waals surface area contributed by atoms with Gasteiger partial charge in [0.1, 0.15) is 16.7 Å². The van der Waals surface area contributed by atoms with Crippen molar-refractivity contribution in [2.45, 2.75) is 12.2 Å². The van der Waals surface area contributed by atoms with Gasteiger partial charge in [0.15, 0.2) is 0 Å². The molecule has 0 spiro atoms. The fourth-order valence-electron chi connectivity index (χ4n) is 2.99. The van der Waals surface area contributed by atoms with Crippen LogP contribution in [0.2, 0.25) is 5.02 Å². The molecule has 0 aliphatic carbocycles. The number of imidazole rings is 2. The number of aromatic nitrogens is 4. The van der Waals surface area contributed by atoms with E-state index in [4.69, 9.17) is 34.2 Å². The largest absolute Gasteiger partial charge is 0.336 e. The van der Waals surface area contributed by atoms with Gasteiger partial charge >= 0.3 is 0 Å². The minimum Gasteiger partial charge on any atom is -0.336 e. The lowest BCUT2D eigenvalue weighted by Crippen LogP contribution is -2.02. The number of nitrogens with zero attached hydrogens (tertiary/aromatic N) is 4. The van der Waals surface area contributed by atoms with Crippen LogP contribution in [0.3, 0.4) is 0 Å². The Labute approximate surface area is 156 Å². The van der Waals surface area contributed by atoms with Gasteiger partial charge in [-0.3, -0.25) is 0 Å². The molecule has 3 aromatic heterocycles. The smallest absolute Gasteiger partial charge is 0.140 e. The van der Waals surface area contributed by atoms with Crippen molar-refractivity contribution >= 4 is 29.9 Å². The zero-order valence-electron chi connectivity index (χ0n) is 13.9. The predicted octanol–water partition coefficient (Wildman–Crippen LogP) is 4.72. The van der Waals surface area contributed by atoms with Gasteiger partial charge in [-0.2, -0.15) is 12.6 Å². The molecule has 0 saturated heterocycles. The monoisotopic (exact) mass is 368 g/mol. The van der Waals surface area contributed by atoms with E-state index >= 15 is 0 Å². The molecule has 1 aromatic carbocycles. The first-order valence-corrected chi connectivity index (χ1v) is 8.84. The van der Waals surface area contributed by atoms with E-state index in [1.165, 1.54) is 0 Å². The van der Waals surface area contributed by atoms with Crippen LogP contribution in [0.15, 0.2) is 55.0 Å². The standard InChI is InChI=1S/C19H17ClN4S/c1-12-8-14(20)9-24-11-16(22-18(12)24)17(25)19-21-15(10-23(19)2)13-6-4-3-5-7-13/h3-11,17,25H,1-2H3. The summed E-state index contributed by atoms with van der Waals surface area (Å²) in [6.07, 6.45) is 5.84. The van der Waals surface area contributed by atoms with E-state index in [0.29, 0.717) is 5.02 Å². The van der Waals surface area contributed by atoms with E-state index in [1.807, 2.05) is 65.8 Å². The van der Waals surface area contributed by atoms with E-state index < -0.39 is 0 Å². The highest BCUT2D eigenvalue weighted by atomic mass is 35.5. The first kappa shape index (κ1) is 16.2. The van der Waals surface area contributed by atoms with Crippen LogP contribution >= 0.6 is 24.2 Å². The Hall–Kier alpha value is -2.24. The molecule has 25 heavy (non-hydrogen) atoms. The van der Waals surface area contributed by atoms with Gasteiger partial charge < -0.3 is 8.97 Å². The predicted molar refractivity (Wildman–Crippen MR) is 104 cm³/mol. The van der Waals surface area contributed by atoms with E-state index in [-0.39, 0.29) is 5.25 Å². The average Bonchev–Trinajstić information content (AvgIpc) is 3.19. The number of halogens is 1. The molecule has 0 amide bonds. The number of benzene rings is 1. The van der Waals surface area contributed by atoms with Crippen LogP contribution < -0.4 is 0 Å². The van der Waals surface area contributed by atoms with Gasteiger partial charge in [-0.25, -0.2) is 9.97 Å². The molecule has 0 radical (unpaired) electrons. The third-order valence-electron chi connectivity index (χ3n) is 4.23. The maximum absolute atomic E-state index is 6.14. The van der Waals surface area contributed by atoms with Crippen molar-refractivity contribution in [3.8, 4) is 11.3 Å². The molecular formula is C19H17ClN4S. The molecule has 0 fully saturated rings. The van der Waals surface area contributed by atoms with Crippen molar-refractivity contribution in [1.82, 2.24) is 18.9 Å². The van der Waals surface area contributed by atoms with Crippen LogP contribution in [-0.4, -0.2) is 18.9 Å². The van der Waals surface area contributed by atoms with Crippen molar-refractivity contribution in [2.75, 3.05) is 0 Å². The van der Waals surface area contributed by atoms with E-state index in [1.54, 1.807) is 0 Å². The Morgan fingerprint density at radius 2 is 1.84 bits per heavy atom. The van der Waals surface area contributed by atoms with Crippen LogP contribution in [0.25, 0.3) is 16.9 Å². The highest BCUT2D eigenvalue weighted by Crippen LogP contribution is 2.30. The van der Waals surface area contributed by atoms with Gasteiger partial charge in [0.25, 0.3) is 0 Å². The van der Waals surface area contributed by atoms with Crippen molar-refractivity contribution in [3.05, 3.63) is 77.1 Å². The average molecular weight is 369 g/mol. The molecule has 1 atom stereocenters. The van der Waals surface area contributed by atoms with Crippen molar-refractivity contribution < 1.29 is 0 Å². The maximum Gasteiger partial charge on any atom is 0.140 e. The molecule has 126 valence electrons. The minimum absolute atomic E-state index is 0.222. The van der Waals surface area contributed by atoms with E-state index in [2.05, 4.69) is 12.1 Å². The number of hydrogen-bond donors (Lipinski definition) is 1. The molecule has 4 aromatic rings. The first-order valence-electron chi connectivity index (χ1n) is 7.94. The lowest BCUT2D eigenvalue weighted by atomic mass is 10.2. The van der Waals surface area contributed by atoms with Gasteiger partial charge in [-0.05, 0) is 18.6 Å². The number of fused-ring (bicyclic) bond motifs is 1. The topological polar surface area (TPSA) is 35.1 Å².